The van der Waals surface area contributed by atoms with Gasteiger partial charge >= 0.3 is 0 Å². The van der Waals surface area contributed by atoms with Crippen molar-refractivity contribution in [1.82, 2.24) is 9.97 Å². The summed E-state index contributed by atoms with van der Waals surface area (Å²) in [4.78, 5) is 18.8. The SMILES string of the molecule is O=c1cc(CCl)nc(C2CC3CCC2C3)[nH]1. The molecule has 2 aliphatic carbocycles. The Bertz CT molecular complexity index is 457. The zero-order chi connectivity index (χ0) is 11.1. The fourth-order valence-corrected chi connectivity index (χ4v) is 3.49. The normalized spacial score (nSPS) is 32.2. The molecule has 1 aromatic rings. The van der Waals surface area contributed by atoms with Crippen molar-refractivity contribution in [2.75, 3.05) is 0 Å². The lowest BCUT2D eigenvalue weighted by molar-refractivity contribution is 0.404. The molecule has 3 rings (SSSR count). The standard InChI is InChI=1S/C12H15ClN2O/c13-6-9-5-11(16)15-12(14-9)10-4-7-1-2-8(10)3-7/h5,7-8,10H,1-4,6H2,(H,14,15,16). The molecule has 1 heterocycles. The van der Waals surface area contributed by atoms with Gasteiger partial charge in [0.15, 0.2) is 0 Å². The Balaban J connectivity index is 1.94. The molecule has 0 saturated heterocycles. The van der Waals surface area contributed by atoms with Crippen LogP contribution in [0.15, 0.2) is 10.9 Å². The third kappa shape index (κ3) is 1.67. The molecule has 86 valence electrons. The first-order chi connectivity index (χ1) is 7.76. The largest absolute Gasteiger partial charge is 0.310 e. The molecule has 0 aromatic carbocycles. The van der Waals surface area contributed by atoms with Crippen molar-refractivity contribution in [1.29, 1.82) is 0 Å². The van der Waals surface area contributed by atoms with Crippen molar-refractivity contribution < 1.29 is 0 Å². The molecule has 2 bridgehead atoms. The predicted molar refractivity (Wildman–Crippen MR) is 62.6 cm³/mol. The lowest BCUT2D eigenvalue weighted by Crippen LogP contribution is -2.18. The van der Waals surface area contributed by atoms with Crippen molar-refractivity contribution in [3.63, 3.8) is 0 Å². The first kappa shape index (κ1) is 10.3. The molecule has 2 fully saturated rings. The maximum absolute atomic E-state index is 11.5. The Kier molecular flexibility index (Phi) is 2.51. The number of halogens is 1. The molecule has 4 heteroatoms. The van der Waals surface area contributed by atoms with E-state index in [0.717, 1.165) is 17.7 Å². The number of alkyl halides is 1. The van der Waals surface area contributed by atoms with E-state index in [2.05, 4.69) is 9.97 Å². The van der Waals surface area contributed by atoms with E-state index < -0.39 is 0 Å². The Morgan fingerprint density at radius 3 is 2.94 bits per heavy atom. The second kappa shape index (κ2) is 3.88. The highest BCUT2D eigenvalue weighted by atomic mass is 35.5. The van der Waals surface area contributed by atoms with E-state index in [0.29, 0.717) is 17.5 Å². The summed E-state index contributed by atoms with van der Waals surface area (Å²) in [5.41, 5.74) is 0.631. The van der Waals surface area contributed by atoms with E-state index in [9.17, 15) is 4.79 Å². The first-order valence-electron chi connectivity index (χ1n) is 5.92. The molecule has 3 unspecified atom stereocenters. The maximum Gasteiger partial charge on any atom is 0.251 e. The number of aromatic nitrogens is 2. The van der Waals surface area contributed by atoms with Gasteiger partial charge in [-0.05, 0) is 31.1 Å². The van der Waals surface area contributed by atoms with Gasteiger partial charge in [-0.15, -0.1) is 11.6 Å². The van der Waals surface area contributed by atoms with Crippen molar-refractivity contribution in [2.45, 2.75) is 37.5 Å². The average molecular weight is 239 g/mol. The summed E-state index contributed by atoms with van der Waals surface area (Å²) in [5, 5.41) is 0. The Morgan fingerprint density at radius 1 is 1.44 bits per heavy atom. The summed E-state index contributed by atoms with van der Waals surface area (Å²) in [6.07, 6.45) is 5.17. The molecular weight excluding hydrogens is 224 g/mol. The number of fused-ring (bicyclic) bond motifs is 2. The van der Waals surface area contributed by atoms with Gasteiger partial charge in [0, 0.05) is 12.0 Å². The molecule has 0 aliphatic heterocycles. The highest BCUT2D eigenvalue weighted by Gasteiger charge is 2.41. The van der Waals surface area contributed by atoms with E-state index in [1.54, 1.807) is 0 Å². The number of hydrogen-bond acceptors (Lipinski definition) is 2. The van der Waals surface area contributed by atoms with Crippen LogP contribution < -0.4 is 5.56 Å². The van der Waals surface area contributed by atoms with Crippen LogP contribution in [-0.2, 0) is 5.88 Å². The van der Waals surface area contributed by atoms with Gasteiger partial charge in [-0.3, -0.25) is 4.79 Å². The van der Waals surface area contributed by atoms with Gasteiger partial charge in [-0.25, -0.2) is 4.98 Å². The molecule has 0 spiro atoms. The number of nitrogens with one attached hydrogen (secondary N) is 1. The zero-order valence-corrected chi connectivity index (χ0v) is 9.83. The second-order valence-corrected chi connectivity index (χ2v) is 5.30. The smallest absolute Gasteiger partial charge is 0.251 e. The number of aromatic amines is 1. The van der Waals surface area contributed by atoms with Gasteiger partial charge in [-0.2, -0.15) is 0 Å². The van der Waals surface area contributed by atoms with Crippen LogP contribution in [-0.4, -0.2) is 9.97 Å². The molecule has 0 amide bonds. The summed E-state index contributed by atoms with van der Waals surface area (Å²) < 4.78 is 0. The lowest BCUT2D eigenvalue weighted by atomic mass is 9.88. The number of H-pyrrole nitrogens is 1. The highest BCUT2D eigenvalue weighted by Crippen LogP contribution is 2.51. The van der Waals surface area contributed by atoms with Crippen LogP contribution >= 0.6 is 11.6 Å². The lowest BCUT2D eigenvalue weighted by Gasteiger charge is -2.20. The van der Waals surface area contributed by atoms with Crippen molar-refractivity contribution >= 4 is 11.6 Å². The van der Waals surface area contributed by atoms with Gasteiger partial charge < -0.3 is 4.98 Å². The summed E-state index contributed by atoms with van der Waals surface area (Å²) in [5.74, 6) is 3.25. The molecule has 1 aromatic heterocycles. The summed E-state index contributed by atoms with van der Waals surface area (Å²) in [6.45, 7) is 0. The van der Waals surface area contributed by atoms with Gasteiger partial charge in [0.25, 0.3) is 5.56 Å². The van der Waals surface area contributed by atoms with E-state index in [1.807, 2.05) is 0 Å². The molecule has 2 aliphatic rings. The quantitative estimate of drug-likeness (QED) is 0.805. The third-order valence-corrected chi connectivity index (χ3v) is 4.31. The molecule has 3 nitrogen and oxygen atoms in total. The van der Waals surface area contributed by atoms with Gasteiger partial charge in [-0.1, -0.05) is 6.42 Å². The molecule has 2 saturated carbocycles. The molecule has 3 atom stereocenters. The first-order valence-corrected chi connectivity index (χ1v) is 6.46. The fourth-order valence-electron chi connectivity index (χ4n) is 3.35. The van der Waals surface area contributed by atoms with Crippen LogP contribution in [0.5, 0.6) is 0 Å². The highest BCUT2D eigenvalue weighted by molar-refractivity contribution is 6.16. The molecule has 0 radical (unpaired) electrons. The summed E-state index contributed by atoms with van der Waals surface area (Å²) in [6, 6.07) is 1.49. The topological polar surface area (TPSA) is 45.8 Å². The monoisotopic (exact) mass is 238 g/mol. The van der Waals surface area contributed by atoms with E-state index in [-0.39, 0.29) is 5.56 Å². The van der Waals surface area contributed by atoms with E-state index >= 15 is 0 Å². The van der Waals surface area contributed by atoms with Crippen molar-refractivity contribution in [2.24, 2.45) is 11.8 Å². The molecule has 1 N–H and O–H groups in total. The third-order valence-electron chi connectivity index (χ3n) is 4.04. The van der Waals surface area contributed by atoms with Crippen LogP contribution in [0.4, 0.5) is 0 Å². The Labute approximate surface area is 99.2 Å². The van der Waals surface area contributed by atoms with Crippen LogP contribution in [0.1, 0.15) is 43.1 Å². The zero-order valence-electron chi connectivity index (χ0n) is 9.08. The summed E-state index contributed by atoms with van der Waals surface area (Å²) >= 11 is 5.74. The molecular formula is C12H15ClN2O. The minimum absolute atomic E-state index is 0.0663. The Morgan fingerprint density at radius 2 is 2.31 bits per heavy atom. The van der Waals surface area contributed by atoms with E-state index in [4.69, 9.17) is 11.6 Å². The number of rotatable bonds is 2. The van der Waals surface area contributed by atoms with Gasteiger partial charge in [0.05, 0.1) is 11.6 Å². The van der Waals surface area contributed by atoms with Crippen molar-refractivity contribution in [3.05, 3.63) is 27.9 Å². The number of hydrogen-bond donors (Lipinski definition) is 1. The Hall–Kier alpha value is -0.830. The maximum atomic E-state index is 11.5. The van der Waals surface area contributed by atoms with Crippen LogP contribution in [0.3, 0.4) is 0 Å². The predicted octanol–water partition coefficient (Wildman–Crippen LogP) is 2.41. The second-order valence-electron chi connectivity index (χ2n) is 5.04. The number of nitrogens with zero attached hydrogens (tertiary/aromatic N) is 1. The van der Waals surface area contributed by atoms with Crippen LogP contribution in [0, 0.1) is 11.8 Å². The molecule has 16 heavy (non-hydrogen) atoms. The average Bonchev–Trinajstić information content (AvgIpc) is 2.89. The van der Waals surface area contributed by atoms with Crippen molar-refractivity contribution in [3.8, 4) is 0 Å². The fraction of sp³-hybridized carbons (Fsp3) is 0.667. The van der Waals surface area contributed by atoms with Crippen LogP contribution in [0.25, 0.3) is 0 Å². The van der Waals surface area contributed by atoms with E-state index in [1.165, 1.54) is 31.7 Å². The van der Waals surface area contributed by atoms with Gasteiger partial charge in [0.1, 0.15) is 5.82 Å². The minimum Gasteiger partial charge on any atom is -0.310 e. The summed E-state index contributed by atoms with van der Waals surface area (Å²) in [7, 11) is 0. The van der Waals surface area contributed by atoms with Crippen LogP contribution in [0.2, 0.25) is 0 Å². The minimum atomic E-state index is -0.0663. The van der Waals surface area contributed by atoms with Gasteiger partial charge in [0.2, 0.25) is 0 Å².